The Kier molecular flexibility index (Phi) is 6.40. The lowest BCUT2D eigenvalue weighted by molar-refractivity contribution is 0.301. The van der Waals surface area contributed by atoms with Crippen LogP contribution in [-0.2, 0) is 16.6 Å². The molecular formula is C19H25NO3S. The second kappa shape index (κ2) is 8.31. The number of hydrogen-bond donors (Lipinski definition) is 1. The molecule has 0 amide bonds. The molecule has 1 N–H and O–H groups in total. The van der Waals surface area contributed by atoms with Gasteiger partial charge in [0.2, 0.25) is 10.0 Å². The van der Waals surface area contributed by atoms with Crippen LogP contribution in [0, 0.1) is 13.8 Å². The highest BCUT2D eigenvalue weighted by molar-refractivity contribution is 7.89. The molecule has 0 unspecified atom stereocenters. The van der Waals surface area contributed by atoms with Crippen LogP contribution in [0.1, 0.15) is 36.5 Å². The van der Waals surface area contributed by atoms with Crippen molar-refractivity contribution in [2.45, 2.75) is 45.1 Å². The van der Waals surface area contributed by atoms with E-state index in [1.807, 2.05) is 50.2 Å². The lowest BCUT2D eigenvalue weighted by Gasteiger charge is -2.15. The second-order valence-corrected chi connectivity index (χ2v) is 7.63. The fourth-order valence-electron chi connectivity index (χ4n) is 2.26. The molecule has 130 valence electrons. The van der Waals surface area contributed by atoms with Gasteiger partial charge in [0.15, 0.2) is 0 Å². The SMILES string of the molecule is CCCCOc1cc(C)c(C)cc1S(=O)(=O)NCc1ccccc1. The van der Waals surface area contributed by atoms with E-state index in [0.717, 1.165) is 29.5 Å². The largest absolute Gasteiger partial charge is 0.492 e. The molecule has 0 aliphatic carbocycles. The van der Waals surface area contributed by atoms with E-state index >= 15 is 0 Å². The number of unbranched alkanes of at least 4 members (excludes halogenated alkanes) is 1. The Bertz CT molecular complexity index is 771. The third kappa shape index (κ3) is 4.82. The van der Waals surface area contributed by atoms with Gasteiger partial charge in [-0.3, -0.25) is 0 Å². The minimum atomic E-state index is -3.64. The number of nitrogens with one attached hydrogen (secondary N) is 1. The maximum Gasteiger partial charge on any atom is 0.244 e. The van der Waals surface area contributed by atoms with Crippen LogP contribution in [0.3, 0.4) is 0 Å². The summed E-state index contributed by atoms with van der Waals surface area (Å²) in [5.41, 5.74) is 2.86. The first-order valence-corrected chi connectivity index (χ1v) is 9.70. The quantitative estimate of drug-likeness (QED) is 0.735. The summed E-state index contributed by atoms with van der Waals surface area (Å²) in [6.07, 6.45) is 1.89. The molecule has 0 saturated heterocycles. The van der Waals surface area contributed by atoms with E-state index in [-0.39, 0.29) is 11.4 Å². The Morgan fingerprint density at radius 3 is 2.38 bits per heavy atom. The minimum Gasteiger partial charge on any atom is -0.492 e. The lowest BCUT2D eigenvalue weighted by atomic mass is 10.1. The zero-order valence-electron chi connectivity index (χ0n) is 14.5. The van der Waals surface area contributed by atoms with Gasteiger partial charge < -0.3 is 4.74 Å². The molecule has 0 aromatic heterocycles. The highest BCUT2D eigenvalue weighted by Gasteiger charge is 2.20. The summed E-state index contributed by atoms with van der Waals surface area (Å²) in [7, 11) is -3.64. The van der Waals surface area contributed by atoms with Gasteiger partial charge in [-0.2, -0.15) is 0 Å². The van der Waals surface area contributed by atoms with Crippen molar-refractivity contribution in [2.24, 2.45) is 0 Å². The third-order valence-electron chi connectivity index (χ3n) is 3.91. The monoisotopic (exact) mass is 347 g/mol. The Morgan fingerprint density at radius 2 is 1.71 bits per heavy atom. The predicted molar refractivity (Wildman–Crippen MR) is 96.8 cm³/mol. The van der Waals surface area contributed by atoms with Crippen molar-refractivity contribution in [3.8, 4) is 5.75 Å². The van der Waals surface area contributed by atoms with Crippen molar-refractivity contribution in [2.75, 3.05) is 6.61 Å². The molecule has 24 heavy (non-hydrogen) atoms. The number of ether oxygens (including phenoxy) is 1. The van der Waals surface area contributed by atoms with Crippen LogP contribution in [0.25, 0.3) is 0 Å². The summed E-state index contributed by atoms with van der Waals surface area (Å²) >= 11 is 0. The molecule has 5 heteroatoms. The van der Waals surface area contributed by atoms with Crippen molar-refractivity contribution >= 4 is 10.0 Å². The van der Waals surface area contributed by atoms with Gasteiger partial charge in [0.05, 0.1) is 6.61 Å². The van der Waals surface area contributed by atoms with Crippen LogP contribution < -0.4 is 9.46 Å². The molecule has 0 fully saturated rings. The molecule has 2 aromatic rings. The second-order valence-electron chi connectivity index (χ2n) is 5.90. The molecule has 2 rings (SSSR count). The summed E-state index contributed by atoms with van der Waals surface area (Å²) in [6, 6.07) is 13.0. The van der Waals surface area contributed by atoms with Gasteiger partial charge >= 0.3 is 0 Å². The summed E-state index contributed by atoms with van der Waals surface area (Å²) in [5.74, 6) is 0.423. The minimum absolute atomic E-state index is 0.206. The molecule has 0 spiro atoms. The number of benzene rings is 2. The number of hydrogen-bond acceptors (Lipinski definition) is 3. The smallest absolute Gasteiger partial charge is 0.244 e. The number of aryl methyl sites for hydroxylation is 2. The zero-order valence-corrected chi connectivity index (χ0v) is 15.3. The van der Waals surface area contributed by atoms with Gasteiger partial charge in [-0.15, -0.1) is 0 Å². The van der Waals surface area contributed by atoms with Gasteiger partial charge in [0.1, 0.15) is 10.6 Å². The van der Waals surface area contributed by atoms with Crippen molar-refractivity contribution < 1.29 is 13.2 Å². The Labute approximate surface area is 144 Å². The first-order valence-electron chi connectivity index (χ1n) is 8.21. The Morgan fingerprint density at radius 1 is 1.04 bits per heavy atom. The fourth-order valence-corrected chi connectivity index (χ4v) is 3.49. The molecular weight excluding hydrogens is 322 g/mol. The molecule has 4 nitrogen and oxygen atoms in total. The van der Waals surface area contributed by atoms with Crippen LogP contribution in [0.5, 0.6) is 5.75 Å². The van der Waals surface area contributed by atoms with Gasteiger partial charge in [0, 0.05) is 6.54 Å². The van der Waals surface area contributed by atoms with Crippen LogP contribution in [0.15, 0.2) is 47.4 Å². The van der Waals surface area contributed by atoms with E-state index in [0.29, 0.717) is 12.4 Å². The topological polar surface area (TPSA) is 55.4 Å². The van der Waals surface area contributed by atoms with Gasteiger partial charge in [-0.25, -0.2) is 13.1 Å². The highest BCUT2D eigenvalue weighted by Crippen LogP contribution is 2.28. The third-order valence-corrected chi connectivity index (χ3v) is 5.34. The van der Waals surface area contributed by atoms with E-state index < -0.39 is 10.0 Å². The summed E-state index contributed by atoms with van der Waals surface area (Å²) in [6.45, 7) is 6.70. The lowest BCUT2D eigenvalue weighted by Crippen LogP contribution is -2.24. The summed E-state index contributed by atoms with van der Waals surface area (Å²) in [4.78, 5) is 0.206. The van der Waals surface area contributed by atoms with E-state index in [9.17, 15) is 8.42 Å². The molecule has 0 aliphatic heterocycles. The predicted octanol–water partition coefficient (Wildman–Crippen LogP) is 3.96. The maximum atomic E-state index is 12.7. The standard InChI is InChI=1S/C19H25NO3S/c1-4-5-11-23-18-12-15(2)16(3)13-19(18)24(21,22)20-14-17-9-7-6-8-10-17/h6-10,12-13,20H,4-5,11,14H2,1-3H3. The van der Waals surface area contributed by atoms with E-state index in [2.05, 4.69) is 11.6 Å². The molecule has 2 aromatic carbocycles. The molecule has 0 bridgehead atoms. The number of sulfonamides is 1. The van der Waals surface area contributed by atoms with Crippen LogP contribution >= 0.6 is 0 Å². The van der Waals surface area contributed by atoms with Crippen LogP contribution in [0.2, 0.25) is 0 Å². The van der Waals surface area contributed by atoms with Gasteiger partial charge in [0.25, 0.3) is 0 Å². The van der Waals surface area contributed by atoms with Crippen LogP contribution in [0.4, 0.5) is 0 Å². The average Bonchev–Trinajstić information content (AvgIpc) is 2.57. The maximum absolute atomic E-state index is 12.7. The molecule has 0 radical (unpaired) electrons. The average molecular weight is 347 g/mol. The molecule has 0 atom stereocenters. The van der Waals surface area contributed by atoms with E-state index in [1.54, 1.807) is 6.07 Å². The van der Waals surface area contributed by atoms with Crippen molar-refractivity contribution in [1.29, 1.82) is 0 Å². The Hall–Kier alpha value is -1.85. The van der Waals surface area contributed by atoms with Gasteiger partial charge in [-0.05, 0) is 49.1 Å². The fraction of sp³-hybridized carbons (Fsp3) is 0.368. The van der Waals surface area contributed by atoms with Gasteiger partial charge in [-0.1, -0.05) is 43.7 Å². The van der Waals surface area contributed by atoms with Crippen molar-refractivity contribution in [3.05, 3.63) is 59.2 Å². The Balaban J connectivity index is 2.25. The first kappa shape index (κ1) is 18.5. The normalized spacial score (nSPS) is 11.5. The summed E-state index contributed by atoms with van der Waals surface area (Å²) in [5, 5.41) is 0. The van der Waals surface area contributed by atoms with Crippen molar-refractivity contribution in [1.82, 2.24) is 4.72 Å². The zero-order chi connectivity index (χ0) is 17.6. The molecule has 0 aliphatic rings. The first-order chi connectivity index (χ1) is 11.4. The van der Waals surface area contributed by atoms with E-state index in [1.165, 1.54) is 0 Å². The van der Waals surface area contributed by atoms with E-state index in [4.69, 9.17) is 4.74 Å². The number of rotatable bonds is 8. The molecule has 0 saturated carbocycles. The molecule has 0 heterocycles. The van der Waals surface area contributed by atoms with Crippen LogP contribution in [-0.4, -0.2) is 15.0 Å². The van der Waals surface area contributed by atoms with Crippen molar-refractivity contribution in [3.63, 3.8) is 0 Å². The highest BCUT2D eigenvalue weighted by atomic mass is 32.2. The summed E-state index contributed by atoms with van der Waals surface area (Å²) < 4.78 is 33.9.